The number of halogens is 6. The van der Waals surface area contributed by atoms with E-state index in [0.717, 1.165) is 17.3 Å². The Hall–Kier alpha value is -2.67. The van der Waals surface area contributed by atoms with Crippen molar-refractivity contribution >= 4 is 40.8 Å². The number of pyridine rings is 1. The molecular weight excluding hydrogens is 548 g/mol. The Labute approximate surface area is 224 Å². The molecule has 5 nitrogen and oxygen atoms in total. The summed E-state index contributed by atoms with van der Waals surface area (Å²) in [7, 11) is 0. The Morgan fingerprint density at radius 3 is 2.34 bits per heavy atom. The van der Waals surface area contributed by atoms with Crippen molar-refractivity contribution in [3.63, 3.8) is 0 Å². The second-order valence-electron chi connectivity index (χ2n) is 8.86. The van der Waals surface area contributed by atoms with Gasteiger partial charge >= 0.3 is 11.7 Å². The maximum Gasteiger partial charge on any atom is 0.446 e. The molecule has 1 N–H and O–H groups in total. The number of aromatic nitrogens is 3. The van der Waals surface area contributed by atoms with E-state index in [-0.39, 0.29) is 27.7 Å². The average Bonchev–Trinajstić information content (AvgIpc) is 2.80. The third-order valence-electron chi connectivity index (χ3n) is 5.63. The number of alkyl halides is 6. The van der Waals surface area contributed by atoms with Crippen LogP contribution in [0, 0.1) is 0 Å². The first-order valence-electron chi connectivity index (χ1n) is 11.9. The number of rotatable bonds is 6. The van der Waals surface area contributed by atoms with E-state index in [9.17, 15) is 26.3 Å². The molecule has 4 rings (SSSR count). The first-order chi connectivity index (χ1) is 17.9. The molecular formula is C25H25F6N5S2. The first kappa shape index (κ1) is 28.3. The molecule has 1 aliphatic rings. The van der Waals surface area contributed by atoms with Crippen LogP contribution in [-0.4, -0.2) is 38.8 Å². The van der Waals surface area contributed by atoms with Crippen molar-refractivity contribution in [1.29, 1.82) is 0 Å². The SMILES string of the molecule is CC(C)Sc1nc2c(c(Nc3ccc(SC(F)(F)F)cc3)n1)CCCN(c1ncccc1C(F)(F)F)CC2. The number of nitrogens with one attached hydrogen (secondary N) is 1. The van der Waals surface area contributed by atoms with Crippen LogP contribution in [0.15, 0.2) is 52.6 Å². The Kier molecular flexibility index (Phi) is 8.65. The van der Waals surface area contributed by atoms with Gasteiger partial charge in [-0.1, -0.05) is 25.6 Å². The number of benzene rings is 1. The molecule has 0 atom stereocenters. The van der Waals surface area contributed by atoms with Crippen molar-refractivity contribution in [1.82, 2.24) is 15.0 Å². The standard InChI is InChI=1S/C25H25F6N5S2/c1-15(2)37-23-34-20-11-14-36(22-19(24(26,27)28)6-3-12-32-22)13-4-5-18(20)21(35-23)33-16-7-9-17(10-8-16)38-25(29,30)31/h3,6-10,12,15H,4-5,11,13-14H2,1-2H3,(H,33,34,35). The lowest BCUT2D eigenvalue weighted by Crippen LogP contribution is -2.32. The Balaban J connectivity index is 1.62. The lowest BCUT2D eigenvalue weighted by atomic mass is 10.0. The van der Waals surface area contributed by atoms with Gasteiger partial charge in [0.1, 0.15) is 11.6 Å². The molecule has 0 unspecified atom stereocenters. The van der Waals surface area contributed by atoms with Crippen molar-refractivity contribution in [2.24, 2.45) is 0 Å². The molecule has 3 heterocycles. The molecule has 0 amide bonds. The molecule has 1 aliphatic heterocycles. The summed E-state index contributed by atoms with van der Waals surface area (Å²) in [5, 5.41) is 3.93. The fourth-order valence-electron chi connectivity index (χ4n) is 4.10. The predicted octanol–water partition coefficient (Wildman–Crippen LogP) is 7.74. The van der Waals surface area contributed by atoms with Gasteiger partial charge in [-0.3, -0.25) is 0 Å². The van der Waals surface area contributed by atoms with Crippen LogP contribution in [0.2, 0.25) is 0 Å². The van der Waals surface area contributed by atoms with Gasteiger partial charge in [0.25, 0.3) is 0 Å². The monoisotopic (exact) mass is 573 g/mol. The molecule has 0 spiro atoms. The van der Waals surface area contributed by atoms with Crippen LogP contribution in [-0.2, 0) is 19.0 Å². The second kappa shape index (κ2) is 11.6. The van der Waals surface area contributed by atoms with Gasteiger partial charge in [0.15, 0.2) is 5.16 Å². The number of thioether (sulfide) groups is 2. The van der Waals surface area contributed by atoms with E-state index in [4.69, 9.17) is 4.98 Å². The highest BCUT2D eigenvalue weighted by molar-refractivity contribution is 8.00. The van der Waals surface area contributed by atoms with Gasteiger partial charge in [0, 0.05) is 47.1 Å². The fourth-order valence-corrected chi connectivity index (χ4v) is 5.37. The Morgan fingerprint density at radius 1 is 0.947 bits per heavy atom. The molecule has 0 bridgehead atoms. The summed E-state index contributed by atoms with van der Waals surface area (Å²) >= 11 is 1.27. The van der Waals surface area contributed by atoms with E-state index in [1.54, 1.807) is 17.0 Å². The van der Waals surface area contributed by atoms with Gasteiger partial charge in [-0.15, -0.1) is 0 Å². The van der Waals surface area contributed by atoms with Gasteiger partial charge in [-0.25, -0.2) is 15.0 Å². The molecule has 38 heavy (non-hydrogen) atoms. The maximum absolute atomic E-state index is 13.6. The molecule has 2 aromatic heterocycles. The highest BCUT2D eigenvalue weighted by atomic mass is 32.2. The topological polar surface area (TPSA) is 53.9 Å². The zero-order valence-corrected chi connectivity index (χ0v) is 22.2. The van der Waals surface area contributed by atoms with Gasteiger partial charge in [-0.05, 0) is 61.0 Å². The molecule has 0 fully saturated rings. The van der Waals surface area contributed by atoms with E-state index in [0.29, 0.717) is 49.0 Å². The summed E-state index contributed by atoms with van der Waals surface area (Å²) in [5.74, 6) is 0.459. The van der Waals surface area contributed by atoms with Crippen LogP contribution in [0.1, 0.15) is 37.1 Å². The maximum atomic E-state index is 13.6. The number of nitrogens with zero attached hydrogens (tertiary/aromatic N) is 4. The van der Waals surface area contributed by atoms with Gasteiger partial charge in [0.05, 0.1) is 11.3 Å². The normalized spacial score (nSPS) is 14.7. The van der Waals surface area contributed by atoms with Crippen LogP contribution in [0.5, 0.6) is 0 Å². The second-order valence-corrected chi connectivity index (χ2v) is 11.5. The summed E-state index contributed by atoms with van der Waals surface area (Å²) in [6, 6.07) is 8.20. The third-order valence-corrected chi connectivity index (χ3v) is 7.23. The molecule has 0 radical (unpaired) electrons. The zero-order chi connectivity index (χ0) is 27.5. The molecule has 0 aliphatic carbocycles. The molecule has 13 heteroatoms. The van der Waals surface area contributed by atoms with E-state index in [1.165, 1.54) is 36.2 Å². The minimum Gasteiger partial charge on any atom is -0.356 e. The smallest absolute Gasteiger partial charge is 0.356 e. The fraction of sp³-hybridized carbons (Fsp3) is 0.400. The molecule has 0 saturated carbocycles. The van der Waals surface area contributed by atoms with Crippen LogP contribution >= 0.6 is 23.5 Å². The Bertz CT molecular complexity index is 1250. The Morgan fingerprint density at radius 2 is 1.68 bits per heavy atom. The number of fused-ring (bicyclic) bond motifs is 1. The van der Waals surface area contributed by atoms with Gasteiger partial charge < -0.3 is 10.2 Å². The lowest BCUT2D eigenvalue weighted by Gasteiger charge is -2.29. The van der Waals surface area contributed by atoms with Crippen molar-refractivity contribution < 1.29 is 26.3 Å². The summed E-state index contributed by atoms with van der Waals surface area (Å²) in [5.41, 5.74) is -2.99. The predicted molar refractivity (Wildman–Crippen MR) is 138 cm³/mol. The molecule has 204 valence electrons. The average molecular weight is 574 g/mol. The largest absolute Gasteiger partial charge is 0.446 e. The zero-order valence-electron chi connectivity index (χ0n) is 20.5. The van der Waals surface area contributed by atoms with Crippen molar-refractivity contribution in [3.8, 4) is 0 Å². The minimum atomic E-state index is -4.52. The van der Waals surface area contributed by atoms with E-state index >= 15 is 0 Å². The van der Waals surface area contributed by atoms with Gasteiger partial charge in [-0.2, -0.15) is 26.3 Å². The summed E-state index contributed by atoms with van der Waals surface area (Å²) in [6.07, 6.45) is -1.73. The van der Waals surface area contributed by atoms with Crippen LogP contribution in [0.25, 0.3) is 0 Å². The molecule has 0 saturated heterocycles. The summed E-state index contributed by atoms with van der Waals surface area (Å²) in [4.78, 5) is 15.2. The van der Waals surface area contributed by atoms with Crippen LogP contribution < -0.4 is 10.2 Å². The van der Waals surface area contributed by atoms with Crippen molar-refractivity contribution in [2.75, 3.05) is 23.3 Å². The molecule has 3 aromatic rings. The molecule has 1 aromatic carbocycles. The number of hydrogen-bond donors (Lipinski definition) is 1. The minimum absolute atomic E-state index is 0.0740. The summed E-state index contributed by atoms with van der Waals surface area (Å²) < 4.78 is 78.9. The number of anilines is 3. The summed E-state index contributed by atoms with van der Waals surface area (Å²) in [6.45, 7) is 4.65. The van der Waals surface area contributed by atoms with Crippen LogP contribution in [0.3, 0.4) is 0 Å². The van der Waals surface area contributed by atoms with Gasteiger partial charge in [0.2, 0.25) is 0 Å². The van der Waals surface area contributed by atoms with E-state index in [2.05, 4.69) is 15.3 Å². The number of hydrogen-bond acceptors (Lipinski definition) is 7. The first-order valence-corrected chi connectivity index (χ1v) is 13.5. The van der Waals surface area contributed by atoms with Crippen molar-refractivity contribution in [2.45, 2.75) is 60.1 Å². The van der Waals surface area contributed by atoms with E-state index < -0.39 is 17.2 Å². The van der Waals surface area contributed by atoms with Crippen molar-refractivity contribution in [3.05, 3.63) is 59.4 Å². The van der Waals surface area contributed by atoms with Crippen LogP contribution in [0.4, 0.5) is 43.7 Å². The van der Waals surface area contributed by atoms with E-state index in [1.807, 2.05) is 13.8 Å². The lowest BCUT2D eigenvalue weighted by molar-refractivity contribution is -0.137. The highest BCUT2D eigenvalue weighted by Gasteiger charge is 2.36. The third kappa shape index (κ3) is 7.46. The quantitative estimate of drug-likeness (QED) is 0.184. The highest BCUT2D eigenvalue weighted by Crippen LogP contribution is 2.38.